The van der Waals surface area contributed by atoms with E-state index >= 15 is 0 Å². The first-order chi connectivity index (χ1) is 14.8. The van der Waals surface area contributed by atoms with E-state index in [1.165, 1.54) is 11.8 Å². The molecular weight excluding hydrogens is 408 g/mol. The van der Waals surface area contributed by atoms with Gasteiger partial charge in [-0.15, -0.1) is 16.8 Å². The van der Waals surface area contributed by atoms with Crippen molar-refractivity contribution in [3.05, 3.63) is 60.1 Å². The van der Waals surface area contributed by atoms with Crippen LogP contribution in [0.5, 0.6) is 0 Å². The van der Waals surface area contributed by atoms with Gasteiger partial charge in [0.15, 0.2) is 11.0 Å². The molecule has 0 atom stereocenters. The molecule has 0 spiro atoms. The van der Waals surface area contributed by atoms with E-state index in [4.69, 9.17) is 4.42 Å². The summed E-state index contributed by atoms with van der Waals surface area (Å²) in [6.45, 7) is 14.8. The fourth-order valence-corrected chi connectivity index (χ4v) is 4.25. The van der Waals surface area contributed by atoms with Crippen molar-refractivity contribution in [2.45, 2.75) is 58.2 Å². The molecule has 2 heterocycles. The monoisotopic (exact) mass is 438 g/mol. The molecule has 31 heavy (non-hydrogen) atoms. The van der Waals surface area contributed by atoms with Crippen LogP contribution in [0.2, 0.25) is 0 Å². The van der Waals surface area contributed by atoms with Crippen LogP contribution in [0.3, 0.4) is 0 Å². The Balaban J connectivity index is 1.79. The van der Waals surface area contributed by atoms with Gasteiger partial charge in [-0.1, -0.05) is 63.7 Å². The van der Waals surface area contributed by atoms with Crippen LogP contribution in [0, 0.1) is 6.92 Å². The summed E-state index contributed by atoms with van der Waals surface area (Å²) in [6, 6.07) is 8.10. The van der Waals surface area contributed by atoms with E-state index in [9.17, 15) is 4.79 Å². The fraction of sp³-hybridized carbons (Fsp3) is 0.375. The number of nitrogens with zero attached hydrogens (tertiary/aromatic N) is 3. The van der Waals surface area contributed by atoms with E-state index in [0.29, 0.717) is 29.4 Å². The highest BCUT2D eigenvalue weighted by Gasteiger charge is 2.19. The van der Waals surface area contributed by atoms with Gasteiger partial charge in [-0.25, -0.2) is 0 Å². The van der Waals surface area contributed by atoms with Crippen LogP contribution in [-0.4, -0.2) is 26.4 Å². The Labute approximate surface area is 188 Å². The molecule has 1 amide bonds. The van der Waals surface area contributed by atoms with Crippen LogP contribution in [0.15, 0.2) is 52.8 Å². The van der Waals surface area contributed by atoms with Crippen LogP contribution >= 0.6 is 11.8 Å². The molecule has 6 nitrogen and oxygen atoms in total. The maximum absolute atomic E-state index is 12.9. The number of rotatable bonds is 9. The maximum Gasteiger partial charge on any atom is 0.234 e. The SMILES string of the molecule is C=CCn1c(SCC(=O)Nc2c(C(C)C)cccc2C(C)C)nnc1-c1ccoc1C. The predicted molar refractivity (Wildman–Crippen MR) is 127 cm³/mol. The third kappa shape index (κ3) is 5.10. The Bertz CT molecular complexity index is 1040. The molecule has 1 N–H and O–H groups in total. The van der Waals surface area contributed by atoms with Gasteiger partial charge in [-0.3, -0.25) is 9.36 Å². The smallest absolute Gasteiger partial charge is 0.234 e. The third-order valence-corrected chi connectivity index (χ3v) is 6.06. The Morgan fingerprint density at radius 3 is 2.42 bits per heavy atom. The average molecular weight is 439 g/mol. The van der Waals surface area contributed by atoms with Gasteiger partial charge in [0.25, 0.3) is 0 Å². The Morgan fingerprint density at radius 2 is 1.87 bits per heavy atom. The lowest BCUT2D eigenvalue weighted by atomic mass is 9.92. The largest absolute Gasteiger partial charge is 0.469 e. The summed E-state index contributed by atoms with van der Waals surface area (Å²) in [7, 11) is 0. The minimum absolute atomic E-state index is 0.0609. The van der Waals surface area contributed by atoms with Crippen molar-refractivity contribution in [1.29, 1.82) is 0 Å². The van der Waals surface area contributed by atoms with Gasteiger partial charge in [0.2, 0.25) is 5.91 Å². The fourth-order valence-electron chi connectivity index (χ4n) is 3.51. The standard InChI is InChI=1S/C24H30N4O2S/c1-7-12-28-23(20-11-13-30-17(20)6)26-27-24(28)31-14-21(29)25-22-18(15(2)3)9-8-10-19(22)16(4)5/h7-11,13,15-16H,1,12,14H2,2-6H3,(H,25,29). The van der Waals surface area contributed by atoms with Gasteiger partial charge >= 0.3 is 0 Å². The van der Waals surface area contributed by atoms with E-state index in [-0.39, 0.29) is 11.7 Å². The molecule has 0 radical (unpaired) electrons. The average Bonchev–Trinajstić information content (AvgIpc) is 3.32. The molecule has 2 aromatic heterocycles. The number of amides is 1. The lowest BCUT2D eigenvalue weighted by Crippen LogP contribution is -2.18. The summed E-state index contributed by atoms with van der Waals surface area (Å²) < 4.78 is 7.36. The summed E-state index contributed by atoms with van der Waals surface area (Å²) in [5.74, 6) is 2.30. The number of hydrogen-bond acceptors (Lipinski definition) is 5. The topological polar surface area (TPSA) is 73.0 Å². The second kappa shape index (κ2) is 10.0. The van der Waals surface area contributed by atoms with Gasteiger partial charge in [-0.2, -0.15) is 0 Å². The molecule has 0 bridgehead atoms. The van der Waals surface area contributed by atoms with E-state index in [0.717, 1.165) is 28.1 Å². The number of nitrogens with one attached hydrogen (secondary N) is 1. The molecule has 7 heteroatoms. The number of thioether (sulfide) groups is 1. The molecule has 0 aliphatic heterocycles. The Morgan fingerprint density at radius 1 is 1.19 bits per heavy atom. The van der Waals surface area contributed by atoms with Crippen LogP contribution in [0.25, 0.3) is 11.4 Å². The van der Waals surface area contributed by atoms with Gasteiger partial charge in [0.05, 0.1) is 17.6 Å². The van der Waals surface area contributed by atoms with Crippen molar-refractivity contribution >= 4 is 23.4 Å². The lowest BCUT2D eigenvalue weighted by molar-refractivity contribution is -0.113. The molecule has 1 aromatic carbocycles. The highest BCUT2D eigenvalue weighted by molar-refractivity contribution is 7.99. The first kappa shape index (κ1) is 22.9. The number of aryl methyl sites for hydroxylation is 1. The molecule has 3 rings (SSSR count). The number of para-hydroxylation sites is 1. The predicted octanol–water partition coefficient (Wildman–Crippen LogP) is 6.01. The number of benzene rings is 1. The molecule has 0 saturated heterocycles. The minimum atomic E-state index is -0.0609. The van der Waals surface area contributed by atoms with Crippen molar-refractivity contribution in [2.75, 3.05) is 11.1 Å². The number of allylic oxidation sites excluding steroid dienone is 1. The van der Waals surface area contributed by atoms with E-state index in [1.807, 2.05) is 17.6 Å². The van der Waals surface area contributed by atoms with Crippen LogP contribution in [0.4, 0.5) is 5.69 Å². The number of anilines is 1. The second-order valence-corrected chi connectivity index (χ2v) is 9.00. The molecule has 0 aliphatic carbocycles. The number of hydrogen-bond donors (Lipinski definition) is 1. The Hall–Kier alpha value is -2.80. The highest BCUT2D eigenvalue weighted by atomic mass is 32.2. The van der Waals surface area contributed by atoms with E-state index < -0.39 is 0 Å². The molecule has 3 aromatic rings. The summed E-state index contributed by atoms with van der Waals surface area (Å²) in [5.41, 5.74) is 4.12. The van der Waals surface area contributed by atoms with Gasteiger partial charge in [0, 0.05) is 12.2 Å². The quantitative estimate of drug-likeness (QED) is 0.327. The van der Waals surface area contributed by atoms with Crippen LogP contribution in [-0.2, 0) is 11.3 Å². The van der Waals surface area contributed by atoms with Gasteiger partial charge in [0.1, 0.15) is 5.76 Å². The molecule has 0 unspecified atom stereocenters. The van der Waals surface area contributed by atoms with E-state index in [1.54, 1.807) is 12.3 Å². The van der Waals surface area contributed by atoms with Gasteiger partial charge < -0.3 is 9.73 Å². The van der Waals surface area contributed by atoms with Crippen molar-refractivity contribution in [2.24, 2.45) is 0 Å². The second-order valence-electron chi connectivity index (χ2n) is 8.05. The molecule has 0 aliphatic rings. The first-order valence-corrected chi connectivity index (χ1v) is 11.5. The summed E-state index contributed by atoms with van der Waals surface area (Å²) in [6.07, 6.45) is 3.43. The van der Waals surface area contributed by atoms with Crippen molar-refractivity contribution in [3.63, 3.8) is 0 Å². The van der Waals surface area contributed by atoms with Crippen molar-refractivity contribution < 1.29 is 9.21 Å². The lowest BCUT2D eigenvalue weighted by Gasteiger charge is -2.20. The summed E-state index contributed by atoms with van der Waals surface area (Å²) >= 11 is 1.37. The van der Waals surface area contributed by atoms with E-state index in [2.05, 4.69) is 68.0 Å². The molecule has 164 valence electrons. The maximum atomic E-state index is 12.9. The van der Waals surface area contributed by atoms with Crippen molar-refractivity contribution in [3.8, 4) is 11.4 Å². The van der Waals surface area contributed by atoms with Gasteiger partial charge in [-0.05, 0) is 36.0 Å². The van der Waals surface area contributed by atoms with Crippen LogP contribution in [0.1, 0.15) is 56.4 Å². The molecule has 0 saturated carbocycles. The normalized spacial score (nSPS) is 11.3. The summed E-state index contributed by atoms with van der Waals surface area (Å²) in [5, 5.41) is 12.5. The number of carbonyl (C=O) groups excluding carboxylic acids is 1. The zero-order chi connectivity index (χ0) is 22.5. The molecule has 0 fully saturated rings. The van der Waals surface area contributed by atoms with Crippen LogP contribution < -0.4 is 5.32 Å². The minimum Gasteiger partial charge on any atom is -0.469 e. The zero-order valence-corrected chi connectivity index (χ0v) is 19.6. The Kier molecular flexibility index (Phi) is 7.38. The molecular formula is C24H30N4O2S. The highest BCUT2D eigenvalue weighted by Crippen LogP contribution is 2.33. The zero-order valence-electron chi connectivity index (χ0n) is 18.8. The third-order valence-electron chi connectivity index (χ3n) is 5.10. The number of aromatic nitrogens is 3. The summed E-state index contributed by atoms with van der Waals surface area (Å²) in [4.78, 5) is 12.9. The number of carbonyl (C=O) groups is 1. The number of furan rings is 1. The van der Waals surface area contributed by atoms with Crippen molar-refractivity contribution in [1.82, 2.24) is 14.8 Å². The first-order valence-electron chi connectivity index (χ1n) is 10.5.